The van der Waals surface area contributed by atoms with E-state index >= 15 is 0 Å². The van der Waals surface area contributed by atoms with Crippen LogP contribution in [0.3, 0.4) is 0 Å². The molecule has 3 aromatic rings. The Kier molecular flexibility index (Phi) is 7.50. The van der Waals surface area contributed by atoms with Gasteiger partial charge in [-0.15, -0.1) is 0 Å². The summed E-state index contributed by atoms with van der Waals surface area (Å²) in [7, 11) is -4.15. The molecular weight excluding hydrogens is 524 g/mol. The van der Waals surface area contributed by atoms with Crippen LogP contribution in [-0.4, -0.2) is 60.3 Å². The average molecular weight is 547 g/mol. The van der Waals surface area contributed by atoms with E-state index in [1.165, 1.54) is 27.7 Å². The molecule has 2 aromatic carbocycles. The Balaban J connectivity index is 1.58. The van der Waals surface area contributed by atoms with Gasteiger partial charge in [-0.25, -0.2) is 8.42 Å². The van der Waals surface area contributed by atoms with Crippen molar-refractivity contribution in [2.75, 3.05) is 29.6 Å². The highest BCUT2D eigenvalue weighted by molar-refractivity contribution is 7.92. The number of ether oxygens (including phenoxy) is 1. The van der Waals surface area contributed by atoms with Gasteiger partial charge in [0.05, 0.1) is 21.7 Å². The number of fused-ring (bicyclic) bond motifs is 2. The Hall–Kier alpha value is -3.91. The number of para-hydroxylation sites is 1. The van der Waals surface area contributed by atoms with Crippen molar-refractivity contribution in [3.8, 4) is 0 Å². The van der Waals surface area contributed by atoms with Crippen LogP contribution in [0.4, 0.5) is 11.4 Å². The Morgan fingerprint density at radius 3 is 2.65 bits per heavy atom. The predicted molar refractivity (Wildman–Crippen MR) is 135 cm³/mol. The monoisotopic (exact) mass is 546 g/mol. The highest BCUT2D eigenvalue weighted by Crippen LogP contribution is 2.27. The van der Waals surface area contributed by atoms with E-state index in [1.807, 2.05) is 12.1 Å². The van der Waals surface area contributed by atoms with Crippen LogP contribution < -0.4 is 9.70 Å². The molecule has 1 aliphatic rings. The van der Waals surface area contributed by atoms with E-state index < -0.39 is 44.0 Å². The van der Waals surface area contributed by atoms with Crippen LogP contribution in [0.15, 0.2) is 47.5 Å². The van der Waals surface area contributed by atoms with Crippen molar-refractivity contribution >= 4 is 60.5 Å². The standard InChI is InChI=1S/C23H22N4O8S2/c1-2-35-22(30)12-26-18-8-7-16(27(31)32)11-19(18)36-23(26)24-20(28)13-37(33,34)14-21(29)25-10-9-15-5-3-4-6-17(15)25/h3-8,11H,2,9-10,12-14H2,1H3. The number of hydrogen-bond donors (Lipinski definition) is 0. The van der Waals surface area contributed by atoms with Crippen LogP contribution in [0.2, 0.25) is 0 Å². The van der Waals surface area contributed by atoms with Crippen LogP contribution in [-0.2, 0) is 41.9 Å². The van der Waals surface area contributed by atoms with Crippen LogP contribution >= 0.6 is 11.3 Å². The molecule has 0 aliphatic carbocycles. The average Bonchev–Trinajstić information content (AvgIpc) is 3.39. The molecule has 2 amide bonds. The van der Waals surface area contributed by atoms with Crippen LogP contribution in [0.5, 0.6) is 0 Å². The number of sulfone groups is 1. The van der Waals surface area contributed by atoms with Gasteiger partial charge in [0.2, 0.25) is 5.91 Å². The normalized spacial score (nSPS) is 13.5. The second-order valence-corrected chi connectivity index (χ2v) is 11.2. The molecule has 2 heterocycles. The number of nitrogens with zero attached hydrogens (tertiary/aromatic N) is 4. The van der Waals surface area contributed by atoms with E-state index in [-0.39, 0.29) is 23.6 Å². The molecule has 0 bridgehead atoms. The summed E-state index contributed by atoms with van der Waals surface area (Å²) in [6.45, 7) is 1.76. The van der Waals surface area contributed by atoms with E-state index in [4.69, 9.17) is 4.74 Å². The summed E-state index contributed by atoms with van der Waals surface area (Å²) < 4.78 is 32.0. The quantitative estimate of drug-likeness (QED) is 0.234. The number of carbonyl (C=O) groups excluding carboxylic acids is 3. The van der Waals surface area contributed by atoms with Gasteiger partial charge in [-0.05, 0) is 31.0 Å². The summed E-state index contributed by atoms with van der Waals surface area (Å²) in [5, 5.41) is 11.1. The number of aromatic nitrogens is 1. The lowest BCUT2D eigenvalue weighted by molar-refractivity contribution is -0.384. The van der Waals surface area contributed by atoms with Gasteiger partial charge in [0.15, 0.2) is 14.6 Å². The third-order valence-electron chi connectivity index (χ3n) is 5.57. The molecule has 0 atom stereocenters. The third kappa shape index (κ3) is 5.91. The lowest BCUT2D eigenvalue weighted by Gasteiger charge is -2.17. The fourth-order valence-electron chi connectivity index (χ4n) is 3.99. The Morgan fingerprint density at radius 2 is 1.92 bits per heavy atom. The molecule has 194 valence electrons. The molecule has 0 spiro atoms. The molecule has 0 N–H and O–H groups in total. The first kappa shape index (κ1) is 26.2. The van der Waals surface area contributed by atoms with Crippen molar-refractivity contribution in [3.05, 3.63) is 62.9 Å². The van der Waals surface area contributed by atoms with E-state index in [2.05, 4.69) is 4.99 Å². The maximum atomic E-state index is 12.7. The molecule has 12 nitrogen and oxygen atoms in total. The predicted octanol–water partition coefficient (Wildman–Crippen LogP) is 1.61. The number of carbonyl (C=O) groups is 3. The van der Waals surface area contributed by atoms with Gasteiger partial charge in [-0.1, -0.05) is 29.5 Å². The zero-order valence-corrected chi connectivity index (χ0v) is 21.3. The van der Waals surface area contributed by atoms with Gasteiger partial charge in [0, 0.05) is 24.4 Å². The number of rotatable bonds is 8. The number of non-ortho nitro benzene ring substituents is 1. The summed E-state index contributed by atoms with van der Waals surface area (Å²) >= 11 is 0.890. The molecule has 0 saturated carbocycles. The summed E-state index contributed by atoms with van der Waals surface area (Å²) in [5.74, 6) is -4.16. The van der Waals surface area contributed by atoms with E-state index in [1.54, 1.807) is 19.1 Å². The minimum absolute atomic E-state index is 0.0245. The van der Waals surface area contributed by atoms with Gasteiger partial charge in [0.1, 0.15) is 18.1 Å². The smallest absolute Gasteiger partial charge is 0.326 e. The molecular formula is C23H22N4O8S2. The first-order valence-electron chi connectivity index (χ1n) is 11.2. The third-order valence-corrected chi connectivity index (χ3v) is 7.98. The summed E-state index contributed by atoms with van der Waals surface area (Å²) in [4.78, 5) is 53.3. The number of amides is 2. The maximum Gasteiger partial charge on any atom is 0.326 e. The first-order chi connectivity index (χ1) is 17.6. The van der Waals surface area contributed by atoms with Gasteiger partial charge in [0.25, 0.3) is 11.6 Å². The molecule has 4 rings (SSSR count). The zero-order valence-electron chi connectivity index (χ0n) is 19.7. The SMILES string of the molecule is CCOC(=O)Cn1c(=NC(=O)CS(=O)(=O)CC(=O)N2CCc3ccccc32)sc2cc([N+](=O)[O-])ccc21. The van der Waals surface area contributed by atoms with Crippen molar-refractivity contribution in [1.29, 1.82) is 0 Å². The zero-order chi connectivity index (χ0) is 26.7. The van der Waals surface area contributed by atoms with Crippen LogP contribution in [0.1, 0.15) is 12.5 Å². The topological polar surface area (TPSA) is 158 Å². The van der Waals surface area contributed by atoms with Crippen LogP contribution in [0, 0.1) is 10.1 Å². The van der Waals surface area contributed by atoms with Crippen molar-refractivity contribution in [3.63, 3.8) is 0 Å². The van der Waals surface area contributed by atoms with Crippen molar-refractivity contribution in [2.45, 2.75) is 19.9 Å². The van der Waals surface area contributed by atoms with E-state index in [9.17, 15) is 32.9 Å². The molecule has 0 unspecified atom stereocenters. The largest absolute Gasteiger partial charge is 0.465 e. The first-order valence-corrected chi connectivity index (χ1v) is 13.8. The summed E-state index contributed by atoms with van der Waals surface area (Å²) in [5.41, 5.74) is 1.79. The number of hydrogen-bond acceptors (Lipinski definition) is 9. The Labute approximate surface area is 214 Å². The number of nitro groups is 1. The maximum absolute atomic E-state index is 12.7. The lowest BCUT2D eigenvalue weighted by Crippen LogP contribution is -2.36. The molecule has 37 heavy (non-hydrogen) atoms. The minimum Gasteiger partial charge on any atom is -0.465 e. The van der Waals surface area contributed by atoms with Crippen LogP contribution in [0.25, 0.3) is 10.2 Å². The second kappa shape index (κ2) is 10.6. The molecule has 1 aromatic heterocycles. The molecule has 0 saturated heterocycles. The van der Waals surface area contributed by atoms with Crippen molar-refractivity contribution in [2.24, 2.45) is 4.99 Å². The fourth-order valence-corrected chi connectivity index (χ4v) is 6.15. The lowest BCUT2D eigenvalue weighted by atomic mass is 10.2. The fraction of sp³-hybridized carbons (Fsp3) is 0.304. The number of thiazole rings is 1. The molecule has 0 fully saturated rings. The van der Waals surface area contributed by atoms with E-state index in [0.717, 1.165) is 16.9 Å². The Bertz CT molecular complexity index is 1590. The highest BCUT2D eigenvalue weighted by Gasteiger charge is 2.29. The van der Waals surface area contributed by atoms with Gasteiger partial charge >= 0.3 is 5.97 Å². The number of nitro benzene ring substituents is 1. The van der Waals surface area contributed by atoms with Gasteiger partial charge < -0.3 is 14.2 Å². The Morgan fingerprint density at radius 1 is 1.16 bits per heavy atom. The minimum atomic E-state index is -4.15. The second-order valence-electron chi connectivity index (χ2n) is 8.15. The summed E-state index contributed by atoms with van der Waals surface area (Å²) in [6, 6.07) is 11.1. The highest BCUT2D eigenvalue weighted by atomic mass is 32.2. The van der Waals surface area contributed by atoms with Crippen molar-refractivity contribution in [1.82, 2.24) is 4.57 Å². The molecule has 0 radical (unpaired) electrons. The summed E-state index contributed by atoms with van der Waals surface area (Å²) in [6.07, 6.45) is 0.612. The molecule has 1 aliphatic heterocycles. The van der Waals surface area contributed by atoms with E-state index in [0.29, 0.717) is 28.9 Å². The number of anilines is 1. The number of benzene rings is 2. The molecule has 14 heteroatoms. The van der Waals surface area contributed by atoms with Gasteiger partial charge in [-0.2, -0.15) is 4.99 Å². The van der Waals surface area contributed by atoms with Gasteiger partial charge in [-0.3, -0.25) is 24.5 Å². The number of esters is 1. The van der Waals surface area contributed by atoms with Crippen molar-refractivity contribution < 1.29 is 32.5 Å².